The van der Waals surface area contributed by atoms with E-state index in [0.717, 1.165) is 12.1 Å². The Kier molecular flexibility index (Phi) is 3.34. The standard InChI is InChI=1S/C13H10F3NO/c14-13(15,16)10-6-4-9(5-7-10)12(18)11-3-1-2-8-17-11/h1-8,12,18H. The number of pyridine rings is 1. The van der Waals surface area contributed by atoms with E-state index in [0.29, 0.717) is 11.3 Å². The summed E-state index contributed by atoms with van der Waals surface area (Å²) in [4.78, 5) is 3.95. The van der Waals surface area contributed by atoms with Gasteiger partial charge in [0.2, 0.25) is 0 Å². The number of alkyl halides is 3. The van der Waals surface area contributed by atoms with Crippen LogP contribution in [0.15, 0.2) is 48.7 Å². The van der Waals surface area contributed by atoms with Crippen LogP contribution in [0.2, 0.25) is 0 Å². The molecule has 2 aromatic rings. The molecule has 1 N–H and O–H groups in total. The molecule has 0 saturated heterocycles. The Bertz CT molecular complexity index is 508. The summed E-state index contributed by atoms with van der Waals surface area (Å²) >= 11 is 0. The van der Waals surface area contributed by atoms with Crippen LogP contribution in [-0.2, 0) is 6.18 Å². The van der Waals surface area contributed by atoms with E-state index in [9.17, 15) is 18.3 Å². The minimum absolute atomic E-state index is 0.377. The lowest BCUT2D eigenvalue weighted by atomic mass is 10.0. The molecule has 18 heavy (non-hydrogen) atoms. The summed E-state index contributed by atoms with van der Waals surface area (Å²) in [6, 6.07) is 9.41. The van der Waals surface area contributed by atoms with Crippen molar-refractivity contribution >= 4 is 0 Å². The summed E-state index contributed by atoms with van der Waals surface area (Å²) in [5, 5.41) is 9.94. The molecule has 0 amide bonds. The summed E-state index contributed by atoms with van der Waals surface area (Å²) in [5.41, 5.74) is 0.0402. The fourth-order valence-electron chi connectivity index (χ4n) is 1.56. The number of aromatic nitrogens is 1. The zero-order valence-electron chi connectivity index (χ0n) is 9.22. The van der Waals surface area contributed by atoms with Crippen molar-refractivity contribution in [2.45, 2.75) is 12.3 Å². The van der Waals surface area contributed by atoms with E-state index in [1.807, 2.05) is 0 Å². The van der Waals surface area contributed by atoms with Gasteiger partial charge in [-0.25, -0.2) is 0 Å². The Morgan fingerprint density at radius 2 is 1.67 bits per heavy atom. The molecular formula is C13H10F3NO. The quantitative estimate of drug-likeness (QED) is 0.891. The first-order valence-corrected chi connectivity index (χ1v) is 5.24. The third-order valence-corrected chi connectivity index (χ3v) is 2.52. The highest BCUT2D eigenvalue weighted by atomic mass is 19.4. The molecule has 2 rings (SSSR count). The minimum Gasteiger partial charge on any atom is -0.382 e. The third kappa shape index (κ3) is 2.68. The maximum Gasteiger partial charge on any atom is 0.416 e. The van der Waals surface area contributed by atoms with Gasteiger partial charge < -0.3 is 5.11 Å². The fraction of sp³-hybridized carbons (Fsp3) is 0.154. The van der Waals surface area contributed by atoms with Crippen molar-refractivity contribution in [3.8, 4) is 0 Å². The summed E-state index contributed by atoms with van der Waals surface area (Å²) in [6.45, 7) is 0. The van der Waals surface area contributed by atoms with Gasteiger partial charge in [0.1, 0.15) is 6.10 Å². The number of hydrogen-bond acceptors (Lipinski definition) is 2. The topological polar surface area (TPSA) is 33.1 Å². The predicted octanol–water partition coefficient (Wildman–Crippen LogP) is 3.18. The maximum absolute atomic E-state index is 12.4. The molecule has 0 fully saturated rings. The molecule has 1 aromatic heterocycles. The van der Waals surface area contributed by atoms with Crippen LogP contribution in [0.3, 0.4) is 0 Å². The molecule has 1 heterocycles. The van der Waals surface area contributed by atoms with Gasteiger partial charge in [-0.3, -0.25) is 4.98 Å². The first-order chi connectivity index (χ1) is 8.48. The fourth-order valence-corrected chi connectivity index (χ4v) is 1.56. The number of aliphatic hydroxyl groups is 1. The molecule has 5 heteroatoms. The van der Waals surface area contributed by atoms with Crippen molar-refractivity contribution in [1.82, 2.24) is 4.98 Å². The van der Waals surface area contributed by atoms with E-state index in [1.165, 1.54) is 18.3 Å². The van der Waals surface area contributed by atoms with Gasteiger partial charge in [-0.05, 0) is 29.8 Å². The molecule has 0 aliphatic heterocycles. The highest BCUT2D eigenvalue weighted by Gasteiger charge is 2.30. The largest absolute Gasteiger partial charge is 0.416 e. The lowest BCUT2D eigenvalue weighted by Crippen LogP contribution is -2.06. The monoisotopic (exact) mass is 253 g/mol. The molecule has 2 nitrogen and oxygen atoms in total. The van der Waals surface area contributed by atoms with Crippen molar-refractivity contribution in [1.29, 1.82) is 0 Å². The molecular weight excluding hydrogens is 243 g/mol. The molecule has 1 unspecified atom stereocenters. The molecule has 0 saturated carbocycles. The van der Waals surface area contributed by atoms with Gasteiger partial charge in [-0.1, -0.05) is 18.2 Å². The number of nitrogens with zero attached hydrogens (tertiary/aromatic N) is 1. The second-order valence-corrected chi connectivity index (χ2v) is 3.78. The van der Waals surface area contributed by atoms with E-state index in [-0.39, 0.29) is 0 Å². The number of hydrogen-bond donors (Lipinski definition) is 1. The van der Waals surface area contributed by atoms with Gasteiger partial charge in [-0.15, -0.1) is 0 Å². The second-order valence-electron chi connectivity index (χ2n) is 3.78. The summed E-state index contributed by atoms with van der Waals surface area (Å²) in [6.07, 6.45) is -3.87. The van der Waals surface area contributed by atoms with Crippen LogP contribution in [0.1, 0.15) is 22.9 Å². The molecule has 0 aliphatic carbocycles. The summed E-state index contributed by atoms with van der Waals surface area (Å²) in [7, 11) is 0. The third-order valence-electron chi connectivity index (χ3n) is 2.52. The van der Waals surface area contributed by atoms with Gasteiger partial charge in [0.05, 0.1) is 11.3 Å². The zero-order valence-corrected chi connectivity index (χ0v) is 9.22. The first-order valence-electron chi connectivity index (χ1n) is 5.24. The Hall–Kier alpha value is -1.88. The minimum atomic E-state index is -4.37. The molecule has 1 aromatic carbocycles. The van der Waals surface area contributed by atoms with Gasteiger partial charge in [-0.2, -0.15) is 13.2 Å². The summed E-state index contributed by atoms with van der Waals surface area (Å²) < 4.78 is 37.1. The van der Waals surface area contributed by atoms with Crippen LogP contribution in [0.4, 0.5) is 13.2 Å². The SMILES string of the molecule is OC(c1ccc(C(F)(F)F)cc1)c1ccccn1. The van der Waals surface area contributed by atoms with Crippen molar-refractivity contribution < 1.29 is 18.3 Å². The van der Waals surface area contributed by atoms with E-state index >= 15 is 0 Å². The second kappa shape index (κ2) is 4.78. The molecule has 0 bridgehead atoms. The normalized spacial score (nSPS) is 13.3. The van der Waals surface area contributed by atoms with Crippen LogP contribution in [0, 0.1) is 0 Å². The number of rotatable bonds is 2. The van der Waals surface area contributed by atoms with Gasteiger partial charge in [0.15, 0.2) is 0 Å². The average Bonchev–Trinajstić information content (AvgIpc) is 2.38. The van der Waals surface area contributed by atoms with Gasteiger partial charge in [0.25, 0.3) is 0 Å². The molecule has 0 radical (unpaired) electrons. The average molecular weight is 253 g/mol. The molecule has 94 valence electrons. The Labute approximate surface area is 102 Å². The zero-order chi connectivity index (χ0) is 13.2. The summed E-state index contributed by atoms with van der Waals surface area (Å²) in [5.74, 6) is 0. The van der Waals surface area contributed by atoms with E-state index in [1.54, 1.807) is 18.2 Å². The van der Waals surface area contributed by atoms with E-state index in [4.69, 9.17) is 0 Å². The van der Waals surface area contributed by atoms with Gasteiger partial charge in [0, 0.05) is 6.20 Å². The highest BCUT2D eigenvalue weighted by molar-refractivity contribution is 5.30. The van der Waals surface area contributed by atoms with Crippen molar-refractivity contribution in [3.63, 3.8) is 0 Å². The maximum atomic E-state index is 12.4. The molecule has 1 atom stereocenters. The number of benzene rings is 1. The van der Waals surface area contributed by atoms with Crippen LogP contribution >= 0.6 is 0 Å². The van der Waals surface area contributed by atoms with Crippen LogP contribution < -0.4 is 0 Å². The Morgan fingerprint density at radius 1 is 1.00 bits per heavy atom. The van der Waals surface area contributed by atoms with Crippen LogP contribution in [0.25, 0.3) is 0 Å². The smallest absolute Gasteiger partial charge is 0.382 e. The Morgan fingerprint density at radius 3 is 2.17 bits per heavy atom. The first kappa shape index (κ1) is 12.6. The predicted molar refractivity (Wildman–Crippen MR) is 59.7 cm³/mol. The highest BCUT2D eigenvalue weighted by Crippen LogP contribution is 2.30. The molecule has 0 aliphatic rings. The lowest BCUT2D eigenvalue weighted by molar-refractivity contribution is -0.137. The van der Waals surface area contributed by atoms with Crippen molar-refractivity contribution in [2.75, 3.05) is 0 Å². The van der Waals surface area contributed by atoms with Crippen LogP contribution in [0.5, 0.6) is 0 Å². The van der Waals surface area contributed by atoms with E-state index < -0.39 is 17.8 Å². The van der Waals surface area contributed by atoms with E-state index in [2.05, 4.69) is 4.98 Å². The Balaban J connectivity index is 2.25. The number of halogens is 3. The van der Waals surface area contributed by atoms with Gasteiger partial charge >= 0.3 is 6.18 Å². The van der Waals surface area contributed by atoms with Crippen molar-refractivity contribution in [2.24, 2.45) is 0 Å². The molecule has 0 spiro atoms. The lowest BCUT2D eigenvalue weighted by Gasteiger charge is -2.12. The van der Waals surface area contributed by atoms with Crippen LogP contribution in [-0.4, -0.2) is 10.1 Å². The number of aliphatic hydroxyl groups excluding tert-OH is 1. The van der Waals surface area contributed by atoms with Crippen molar-refractivity contribution in [3.05, 3.63) is 65.5 Å².